The highest BCUT2D eigenvalue weighted by Crippen LogP contribution is 2.65. The molecule has 0 aromatic rings. The van der Waals surface area contributed by atoms with Gasteiger partial charge >= 0.3 is 5.97 Å². The first-order valence-electron chi connectivity index (χ1n) is 11.5. The lowest BCUT2D eigenvalue weighted by Crippen LogP contribution is -2.57. The first-order chi connectivity index (χ1) is 15.1. The Bertz CT molecular complexity index is 865. The van der Waals surface area contributed by atoms with Crippen LogP contribution in [-0.2, 0) is 19.1 Å². The van der Waals surface area contributed by atoms with Gasteiger partial charge in [-0.1, -0.05) is 18.2 Å². The Hall–Kier alpha value is -1.80. The average Bonchev–Trinajstić information content (AvgIpc) is 2.95. The lowest BCUT2D eigenvalue weighted by atomic mass is 9.75. The summed E-state index contributed by atoms with van der Waals surface area (Å²) in [6, 6.07) is -0.665. The normalized spacial score (nSPS) is 36.5. The molecule has 32 heavy (non-hydrogen) atoms. The Morgan fingerprint density at radius 3 is 2.53 bits per heavy atom. The van der Waals surface area contributed by atoms with Crippen molar-refractivity contribution >= 4 is 29.5 Å². The number of hydrogen-bond acceptors (Lipinski definition) is 6. The zero-order valence-corrected chi connectivity index (χ0v) is 20.2. The predicted molar refractivity (Wildman–Crippen MR) is 123 cm³/mol. The van der Waals surface area contributed by atoms with Gasteiger partial charge in [0.25, 0.3) is 0 Å². The number of aliphatic hydroxyl groups is 1. The van der Waals surface area contributed by atoms with E-state index in [0.29, 0.717) is 25.9 Å². The van der Waals surface area contributed by atoms with E-state index in [0.717, 1.165) is 6.42 Å². The fourth-order valence-electron chi connectivity index (χ4n) is 5.77. The van der Waals surface area contributed by atoms with Gasteiger partial charge in [0.15, 0.2) is 0 Å². The summed E-state index contributed by atoms with van der Waals surface area (Å²) in [6.07, 6.45) is 10.00. The molecule has 176 valence electrons. The summed E-state index contributed by atoms with van der Waals surface area (Å²) in [5.74, 6) is -1.84. The number of likely N-dealkylation sites (tertiary alicyclic amines) is 1. The summed E-state index contributed by atoms with van der Waals surface area (Å²) < 4.78 is 4.01. The van der Waals surface area contributed by atoms with Crippen molar-refractivity contribution in [2.75, 3.05) is 26.3 Å². The molecule has 8 heteroatoms. The van der Waals surface area contributed by atoms with E-state index >= 15 is 0 Å². The van der Waals surface area contributed by atoms with Crippen molar-refractivity contribution in [3.05, 3.63) is 24.3 Å². The van der Waals surface area contributed by atoms with E-state index in [1.54, 1.807) is 16.7 Å². The van der Waals surface area contributed by atoms with Gasteiger partial charge in [-0.3, -0.25) is 14.4 Å². The van der Waals surface area contributed by atoms with E-state index in [1.165, 1.54) is 0 Å². The molecule has 0 saturated carbocycles. The maximum atomic E-state index is 14.0. The summed E-state index contributed by atoms with van der Waals surface area (Å²) in [5.41, 5.74) is -0.396. The third kappa shape index (κ3) is 3.50. The lowest BCUT2D eigenvalue weighted by Gasteiger charge is -2.41. The number of unbranched alkanes of at least 4 members (excludes halogenated alkanes) is 2. The molecule has 0 bridgehead atoms. The van der Waals surface area contributed by atoms with Crippen LogP contribution in [0.2, 0.25) is 0 Å². The van der Waals surface area contributed by atoms with Gasteiger partial charge in [-0.25, -0.2) is 0 Å². The Morgan fingerprint density at radius 1 is 1.09 bits per heavy atom. The van der Waals surface area contributed by atoms with Crippen molar-refractivity contribution in [3.63, 3.8) is 0 Å². The van der Waals surface area contributed by atoms with Crippen molar-refractivity contribution in [2.24, 2.45) is 11.8 Å². The van der Waals surface area contributed by atoms with E-state index in [9.17, 15) is 14.4 Å². The summed E-state index contributed by atoms with van der Waals surface area (Å²) in [6.45, 7) is 9.23. The minimum absolute atomic E-state index is 0.0644. The summed E-state index contributed by atoms with van der Waals surface area (Å²) in [7, 11) is 0. The van der Waals surface area contributed by atoms with Gasteiger partial charge in [-0.2, -0.15) is 0 Å². The van der Waals surface area contributed by atoms with Gasteiger partial charge in [-0.15, -0.1) is 11.8 Å². The minimum Gasteiger partial charge on any atom is -0.461 e. The van der Waals surface area contributed by atoms with E-state index in [1.807, 2.05) is 56.9 Å². The first-order valence-corrected chi connectivity index (χ1v) is 12.3. The smallest absolute Gasteiger partial charge is 0.311 e. The molecule has 4 heterocycles. The van der Waals surface area contributed by atoms with Gasteiger partial charge in [0, 0.05) is 30.0 Å². The highest BCUT2D eigenvalue weighted by molar-refractivity contribution is 8.02. The van der Waals surface area contributed by atoms with Crippen molar-refractivity contribution in [3.8, 4) is 0 Å². The van der Waals surface area contributed by atoms with E-state index in [4.69, 9.17) is 9.84 Å². The molecular weight excluding hydrogens is 428 g/mol. The number of hydrogen-bond donors (Lipinski definition) is 1. The van der Waals surface area contributed by atoms with Crippen LogP contribution in [0.25, 0.3) is 0 Å². The van der Waals surface area contributed by atoms with Crippen LogP contribution in [-0.4, -0.2) is 80.1 Å². The fourth-order valence-corrected chi connectivity index (χ4v) is 7.92. The molecular formula is C24H34N2O5S. The number of carbonyl (C=O) groups excluding carboxylic acids is 3. The second-order valence-electron chi connectivity index (χ2n) is 10.4. The minimum atomic E-state index is -0.814. The van der Waals surface area contributed by atoms with Crippen LogP contribution < -0.4 is 0 Å². The maximum Gasteiger partial charge on any atom is 0.311 e. The van der Waals surface area contributed by atoms with Crippen LogP contribution in [0.3, 0.4) is 0 Å². The number of fused-ring (bicyclic) bond motifs is 2. The summed E-state index contributed by atoms with van der Waals surface area (Å²) >= 11 is 1.57. The number of esters is 1. The second-order valence-corrected chi connectivity index (χ2v) is 12.2. The van der Waals surface area contributed by atoms with Crippen LogP contribution in [0.5, 0.6) is 0 Å². The fraction of sp³-hybridized carbons (Fsp3) is 0.708. The zero-order valence-electron chi connectivity index (χ0n) is 19.4. The molecule has 7 nitrogen and oxygen atoms in total. The number of nitrogens with zero attached hydrogens (tertiary/aromatic N) is 2. The van der Waals surface area contributed by atoms with Crippen LogP contribution >= 0.6 is 11.8 Å². The highest BCUT2D eigenvalue weighted by Gasteiger charge is 2.74. The molecule has 5 atom stereocenters. The number of thioether (sulfide) groups is 1. The molecule has 0 aliphatic carbocycles. The van der Waals surface area contributed by atoms with Crippen molar-refractivity contribution < 1.29 is 24.2 Å². The van der Waals surface area contributed by atoms with Gasteiger partial charge in [-0.05, 0) is 53.0 Å². The number of ether oxygens (including phenoxy) is 1. The van der Waals surface area contributed by atoms with Gasteiger partial charge in [0.05, 0.1) is 16.6 Å². The standard InChI is InChI=1S/C24H34N2O5S/c1-22(2,3)26-13-8-11-24-16(17-21(30)31-15-9-10-23(17,4)32-24)19(28)25(18(24)20(26)29)12-6-5-7-14-27/h8-11,16-18,27H,5-7,12-15H2,1-4H3/t16-,17-,18?,23+,24-/m0/s1. The molecule has 2 fully saturated rings. The quantitative estimate of drug-likeness (QED) is 0.383. The molecule has 1 unspecified atom stereocenters. The van der Waals surface area contributed by atoms with E-state index < -0.39 is 32.9 Å². The second kappa shape index (κ2) is 8.20. The Morgan fingerprint density at radius 2 is 1.84 bits per heavy atom. The molecule has 4 rings (SSSR count). The third-order valence-electron chi connectivity index (χ3n) is 7.18. The highest BCUT2D eigenvalue weighted by atomic mass is 32.2. The maximum absolute atomic E-state index is 14.0. The van der Waals surface area contributed by atoms with Gasteiger partial charge in [0.2, 0.25) is 11.8 Å². The van der Waals surface area contributed by atoms with E-state index in [2.05, 4.69) is 0 Å². The topological polar surface area (TPSA) is 87.2 Å². The number of cyclic esters (lactones) is 1. The molecule has 0 radical (unpaired) electrons. The van der Waals surface area contributed by atoms with Crippen LogP contribution in [0.1, 0.15) is 47.0 Å². The van der Waals surface area contributed by atoms with Gasteiger partial charge in [0.1, 0.15) is 12.6 Å². The number of amides is 2. The van der Waals surface area contributed by atoms with Crippen LogP contribution in [0.15, 0.2) is 24.3 Å². The van der Waals surface area contributed by atoms with Crippen LogP contribution in [0.4, 0.5) is 0 Å². The van der Waals surface area contributed by atoms with Crippen LogP contribution in [0, 0.1) is 11.8 Å². The Labute approximate surface area is 194 Å². The number of carbonyl (C=O) groups is 3. The monoisotopic (exact) mass is 462 g/mol. The van der Waals surface area contributed by atoms with E-state index in [-0.39, 0.29) is 31.0 Å². The van der Waals surface area contributed by atoms with Crippen molar-refractivity contribution in [2.45, 2.75) is 68.0 Å². The molecule has 4 aliphatic rings. The first kappa shape index (κ1) is 23.4. The summed E-state index contributed by atoms with van der Waals surface area (Å²) in [5, 5.41) is 9.13. The molecule has 2 amide bonds. The van der Waals surface area contributed by atoms with Crippen molar-refractivity contribution in [1.82, 2.24) is 9.80 Å². The predicted octanol–water partition coefficient (Wildman–Crippen LogP) is 2.15. The molecule has 0 aromatic heterocycles. The molecule has 2 saturated heterocycles. The largest absolute Gasteiger partial charge is 0.461 e. The SMILES string of the molecule is CC(C)(C)N1CC=C[C@]23S[C@]4(C)C=CCOC(=O)[C@@H]4[C@H]2C(=O)N(CCCCCO)C3C1=O. The Kier molecular flexibility index (Phi) is 5.99. The average molecular weight is 463 g/mol. The molecule has 1 spiro atoms. The van der Waals surface area contributed by atoms with Crippen molar-refractivity contribution in [1.29, 1.82) is 0 Å². The number of aliphatic hydroxyl groups excluding tert-OH is 1. The summed E-state index contributed by atoms with van der Waals surface area (Å²) in [4.78, 5) is 44.5. The Balaban J connectivity index is 1.80. The number of rotatable bonds is 5. The third-order valence-corrected chi connectivity index (χ3v) is 8.98. The molecule has 1 N–H and O–H groups in total. The zero-order chi connectivity index (χ0) is 23.3. The lowest BCUT2D eigenvalue weighted by molar-refractivity contribution is -0.152. The molecule has 0 aromatic carbocycles. The van der Waals surface area contributed by atoms with Gasteiger partial charge < -0.3 is 19.6 Å². The molecule has 4 aliphatic heterocycles.